The molecule has 10 nitrogen and oxygen atoms in total. The Kier molecular flexibility index (Phi) is 5.21. The second-order valence-corrected chi connectivity index (χ2v) is 8.76. The molecule has 0 aromatic carbocycles. The lowest BCUT2D eigenvalue weighted by Crippen LogP contribution is -2.48. The number of nitrogens with zero attached hydrogens (tertiary/aromatic N) is 7. The topological polar surface area (TPSA) is 106 Å². The molecule has 1 unspecified atom stereocenters. The summed E-state index contributed by atoms with van der Waals surface area (Å²) in [6.45, 7) is 2.35. The molecule has 1 aliphatic carbocycles. The average Bonchev–Trinajstić information content (AvgIpc) is 3.37. The van der Waals surface area contributed by atoms with Crippen LogP contribution in [0, 0.1) is 12.8 Å². The van der Waals surface area contributed by atoms with Gasteiger partial charge in [-0.2, -0.15) is 28.4 Å². The number of aromatic nitrogens is 6. The van der Waals surface area contributed by atoms with Crippen LogP contribution in [0.5, 0.6) is 0 Å². The first-order valence-corrected chi connectivity index (χ1v) is 10.9. The minimum Gasteiger partial charge on any atom is -0.350 e. The normalized spacial score (nSPS) is 18.1. The highest BCUT2D eigenvalue weighted by Crippen LogP contribution is 2.41. The SMILES string of the molecule is Cc1nc(NCc2cnn(Cc3cc(C(F)(F)F)nn3C)c2)nc2c1NC(=O)C(C1CC1)N2C. The highest BCUT2D eigenvalue weighted by molar-refractivity contribution is 6.03. The summed E-state index contributed by atoms with van der Waals surface area (Å²) in [6, 6.07) is 0.797. The summed E-state index contributed by atoms with van der Waals surface area (Å²) in [5.41, 5.74) is 1.56. The lowest BCUT2D eigenvalue weighted by atomic mass is 10.1. The summed E-state index contributed by atoms with van der Waals surface area (Å²) < 4.78 is 41.4. The Morgan fingerprint density at radius 1 is 1.24 bits per heavy atom. The molecule has 4 heterocycles. The summed E-state index contributed by atoms with van der Waals surface area (Å²) in [5, 5.41) is 13.9. The maximum Gasteiger partial charge on any atom is 0.435 e. The van der Waals surface area contributed by atoms with E-state index in [0.717, 1.165) is 24.5 Å². The Morgan fingerprint density at radius 3 is 2.68 bits per heavy atom. The first-order valence-electron chi connectivity index (χ1n) is 10.9. The zero-order valence-electron chi connectivity index (χ0n) is 18.9. The van der Waals surface area contributed by atoms with E-state index in [1.165, 1.54) is 11.7 Å². The predicted octanol–water partition coefficient (Wildman–Crippen LogP) is 2.56. The van der Waals surface area contributed by atoms with Crippen LogP contribution in [-0.2, 0) is 31.1 Å². The third-order valence-corrected chi connectivity index (χ3v) is 6.14. The van der Waals surface area contributed by atoms with E-state index in [1.54, 1.807) is 17.1 Å². The number of halogens is 3. The van der Waals surface area contributed by atoms with Gasteiger partial charge < -0.3 is 15.5 Å². The summed E-state index contributed by atoms with van der Waals surface area (Å²) in [6.07, 6.45) is 0.959. The van der Waals surface area contributed by atoms with E-state index >= 15 is 0 Å². The third-order valence-electron chi connectivity index (χ3n) is 6.14. The number of amides is 1. The number of anilines is 3. The van der Waals surface area contributed by atoms with E-state index in [1.807, 2.05) is 18.9 Å². The fourth-order valence-electron chi connectivity index (χ4n) is 4.21. The Hall–Kier alpha value is -3.64. The van der Waals surface area contributed by atoms with Crippen LogP contribution in [0.2, 0.25) is 0 Å². The maximum atomic E-state index is 12.9. The van der Waals surface area contributed by atoms with Gasteiger partial charge in [0.15, 0.2) is 11.5 Å². The van der Waals surface area contributed by atoms with Crippen molar-refractivity contribution >= 4 is 23.4 Å². The Balaban J connectivity index is 1.27. The average molecular weight is 475 g/mol. The van der Waals surface area contributed by atoms with Crippen LogP contribution in [0.15, 0.2) is 18.5 Å². The fourth-order valence-corrected chi connectivity index (χ4v) is 4.21. The van der Waals surface area contributed by atoms with Crippen molar-refractivity contribution in [2.45, 2.75) is 45.1 Å². The molecule has 0 radical (unpaired) electrons. The van der Waals surface area contributed by atoms with Crippen molar-refractivity contribution in [2.24, 2.45) is 13.0 Å². The molecule has 1 atom stereocenters. The molecule has 0 spiro atoms. The van der Waals surface area contributed by atoms with Crippen molar-refractivity contribution in [2.75, 3.05) is 22.6 Å². The van der Waals surface area contributed by atoms with Gasteiger partial charge in [-0.05, 0) is 31.7 Å². The Morgan fingerprint density at radius 2 is 2.00 bits per heavy atom. The van der Waals surface area contributed by atoms with Crippen LogP contribution in [0.4, 0.5) is 30.6 Å². The van der Waals surface area contributed by atoms with Gasteiger partial charge in [0.25, 0.3) is 0 Å². The second-order valence-electron chi connectivity index (χ2n) is 8.76. The Bertz CT molecular complexity index is 1240. The lowest BCUT2D eigenvalue weighted by Gasteiger charge is -2.35. The number of hydrogen-bond donors (Lipinski definition) is 2. The molecule has 3 aromatic rings. The molecule has 0 saturated heterocycles. The van der Waals surface area contributed by atoms with Gasteiger partial charge in [0.05, 0.1) is 24.1 Å². The monoisotopic (exact) mass is 475 g/mol. The highest BCUT2D eigenvalue weighted by Gasteiger charge is 2.43. The molecular formula is C21H24F3N9O. The van der Waals surface area contributed by atoms with Crippen LogP contribution in [-0.4, -0.2) is 48.5 Å². The maximum absolute atomic E-state index is 12.9. The molecule has 1 amide bonds. The molecular weight excluding hydrogens is 451 g/mol. The largest absolute Gasteiger partial charge is 0.435 e. The first-order chi connectivity index (χ1) is 16.1. The summed E-state index contributed by atoms with van der Waals surface area (Å²) in [5.74, 6) is 1.43. The smallest absolute Gasteiger partial charge is 0.350 e. The van der Waals surface area contributed by atoms with Gasteiger partial charge in [-0.15, -0.1) is 0 Å². The van der Waals surface area contributed by atoms with Gasteiger partial charge >= 0.3 is 6.18 Å². The number of likely N-dealkylation sites (N-methyl/N-ethyl adjacent to an activating group) is 1. The van der Waals surface area contributed by atoms with Gasteiger partial charge in [0.2, 0.25) is 11.9 Å². The summed E-state index contributed by atoms with van der Waals surface area (Å²) in [7, 11) is 3.35. The first kappa shape index (κ1) is 22.2. The molecule has 5 rings (SSSR count). The van der Waals surface area contributed by atoms with Crippen LogP contribution >= 0.6 is 0 Å². The second kappa shape index (κ2) is 7.99. The number of aryl methyl sites for hydroxylation is 2. The van der Waals surface area contributed by atoms with E-state index in [9.17, 15) is 18.0 Å². The number of alkyl halides is 3. The molecule has 2 N–H and O–H groups in total. The summed E-state index contributed by atoms with van der Waals surface area (Å²) >= 11 is 0. The molecule has 1 fully saturated rings. The van der Waals surface area contributed by atoms with Crippen LogP contribution < -0.4 is 15.5 Å². The zero-order chi connectivity index (χ0) is 24.2. The van der Waals surface area contributed by atoms with Crippen LogP contribution in [0.3, 0.4) is 0 Å². The fraction of sp³-hybridized carbons (Fsp3) is 0.476. The standard InChI is InChI=1S/C21H24F3N9O/c1-11-16-18(31(2)17(13-4-5-13)19(34)28-16)29-20(27-11)25-7-12-8-26-33(9-12)10-14-6-15(21(22,23)24)30-32(14)3/h6,8-9,13,17H,4-5,7,10H2,1-3H3,(H,28,34)(H,25,27,29). The summed E-state index contributed by atoms with van der Waals surface area (Å²) in [4.78, 5) is 23.5. The molecule has 3 aromatic heterocycles. The quantitative estimate of drug-likeness (QED) is 0.565. The number of carbonyl (C=O) groups is 1. The van der Waals surface area contributed by atoms with Crippen molar-refractivity contribution < 1.29 is 18.0 Å². The molecule has 13 heteroatoms. The highest BCUT2D eigenvalue weighted by atomic mass is 19.4. The van der Waals surface area contributed by atoms with Crippen molar-refractivity contribution in [3.05, 3.63) is 41.1 Å². The minimum absolute atomic E-state index is 0.0203. The minimum atomic E-state index is -4.49. The number of hydrogen-bond acceptors (Lipinski definition) is 7. The van der Waals surface area contributed by atoms with E-state index in [0.29, 0.717) is 41.3 Å². The van der Waals surface area contributed by atoms with Crippen molar-refractivity contribution in [1.29, 1.82) is 0 Å². The van der Waals surface area contributed by atoms with Gasteiger partial charge in [0, 0.05) is 32.4 Å². The van der Waals surface area contributed by atoms with Crippen molar-refractivity contribution in [1.82, 2.24) is 29.5 Å². The van der Waals surface area contributed by atoms with Gasteiger partial charge in [-0.1, -0.05) is 0 Å². The van der Waals surface area contributed by atoms with Crippen LogP contribution in [0.25, 0.3) is 0 Å². The van der Waals surface area contributed by atoms with Crippen molar-refractivity contribution in [3.63, 3.8) is 0 Å². The molecule has 1 saturated carbocycles. The predicted molar refractivity (Wildman–Crippen MR) is 117 cm³/mol. The van der Waals surface area contributed by atoms with Gasteiger partial charge in [-0.25, -0.2) is 4.98 Å². The molecule has 2 aliphatic rings. The molecule has 1 aliphatic heterocycles. The molecule has 34 heavy (non-hydrogen) atoms. The van der Waals surface area contributed by atoms with E-state index in [4.69, 9.17) is 0 Å². The number of carbonyl (C=O) groups excluding carboxylic acids is 1. The van der Waals surface area contributed by atoms with E-state index < -0.39 is 11.9 Å². The lowest BCUT2D eigenvalue weighted by molar-refractivity contribution is -0.141. The zero-order valence-corrected chi connectivity index (χ0v) is 18.9. The number of rotatable bonds is 6. The molecule has 0 bridgehead atoms. The van der Waals surface area contributed by atoms with Crippen LogP contribution in [0.1, 0.15) is 35.5 Å². The number of nitrogens with one attached hydrogen (secondary N) is 2. The van der Waals surface area contributed by atoms with E-state index in [-0.39, 0.29) is 18.5 Å². The number of fused-ring (bicyclic) bond motifs is 1. The Labute approximate surface area is 193 Å². The third kappa shape index (κ3) is 4.17. The molecule has 180 valence electrons. The van der Waals surface area contributed by atoms with Gasteiger partial charge in [0.1, 0.15) is 11.7 Å². The van der Waals surface area contributed by atoms with Crippen molar-refractivity contribution in [3.8, 4) is 0 Å². The van der Waals surface area contributed by atoms with E-state index in [2.05, 4.69) is 30.8 Å². The van der Waals surface area contributed by atoms with Gasteiger partial charge in [-0.3, -0.25) is 14.2 Å².